The third kappa shape index (κ3) is 5.46. The molecule has 1 aliphatic rings. The highest BCUT2D eigenvalue weighted by Crippen LogP contribution is 2.23. The first kappa shape index (κ1) is 21.0. The fourth-order valence-electron chi connectivity index (χ4n) is 4.32. The van der Waals surface area contributed by atoms with E-state index in [1.54, 1.807) is 11.3 Å². The van der Waals surface area contributed by atoms with Crippen molar-refractivity contribution in [3.63, 3.8) is 0 Å². The SMILES string of the molecule is CN(C(=O)CCc1nc2ccccc2s1)C1CCCN(CCCc2ccccc2)C1. The van der Waals surface area contributed by atoms with E-state index in [2.05, 4.69) is 46.3 Å². The maximum atomic E-state index is 12.8. The summed E-state index contributed by atoms with van der Waals surface area (Å²) in [5.74, 6) is 0.241. The summed E-state index contributed by atoms with van der Waals surface area (Å²) in [7, 11) is 1.98. The number of benzene rings is 2. The smallest absolute Gasteiger partial charge is 0.223 e. The number of likely N-dealkylation sites (tertiary alicyclic amines) is 1. The van der Waals surface area contributed by atoms with Crippen molar-refractivity contribution in [3.8, 4) is 0 Å². The molecular weight excluding hydrogens is 390 g/mol. The number of rotatable bonds is 8. The van der Waals surface area contributed by atoms with E-state index in [9.17, 15) is 4.79 Å². The first-order valence-electron chi connectivity index (χ1n) is 11.1. The molecule has 158 valence electrons. The molecule has 1 fully saturated rings. The van der Waals surface area contributed by atoms with Crippen LogP contribution in [-0.4, -0.2) is 53.4 Å². The molecular formula is C25H31N3OS. The van der Waals surface area contributed by atoms with Crippen LogP contribution in [0, 0.1) is 0 Å². The number of thiazole rings is 1. The van der Waals surface area contributed by atoms with E-state index in [-0.39, 0.29) is 5.91 Å². The average Bonchev–Trinajstić information content (AvgIpc) is 3.21. The minimum absolute atomic E-state index is 0.241. The number of aromatic nitrogens is 1. The fourth-order valence-corrected chi connectivity index (χ4v) is 5.29. The van der Waals surface area contributed by atoms with E-state index in [1.165, 1.54) is 23.1 Å². The van der Waals surface area contributed by atoms with Gasteiger partial charge in [-0.3, -0.25) is 4.79 Å². The number of likely N-dealkylation sites (N-methyl/N-ethyl adjacent to an activating group) is 1. The predicted molar refractivity (Wildman–Crippen MR) is 125 cm³/mol. The van der Waals surface area contributed by atoms with Crippen molar-refractivity contribution in [2.24, 2.45) is 0 Å². The van der Waals surface area contributed by atoms with Gasteiger partial charge in [0.15, 0.2) is 0 Å². The third-order valence-electron chi connectivity index (χ3n) is 6.10. The second-order valence-corrected chi connectivity index (χ2v) is 9.38. The van der Waals surface area contributed by atoms with Crippen LogP contribution in [0.3, 0.4) is 0 Å². The summed E-state index contributed by atoms with van der Waals surface area (Å²) < 4.78 is 1.20. The maximum absolute atomic E-state index is 12.8. The first-order chi connectivity index (χ1) is 14.7. The quantitative estimate of drug-likeness (QED) is 0.525. The third-order valence-corrected chi connectivity index (χ3v) is 7.19. The molecule has 1 aliphatic heterocycles. The highest BCUT2D eigenvalue weighted by Gasteiger charge is 2.25. The Balaban J connectivity index is 1.23. The second kappa shape index (κ2) is 10.2. The number of piperidine rings is 1. The van der Waals surface area contributed by atoms with Crippen LogP contribution in [0.5, 0.6) is 0 Å². The van der Waals surface area contributed by atoms with Crippen LogP contribution in [0.1, 0.15) is 36.3 Å². The molecule has 5 heteroatoms. The van der Waals surface area contributed by atoms with E-state index >= 15 is 0 Å². The van der Waals surface area contributed by atoms with Gasteiger partial charge in [-0.15, -0.1) is 11.3 Å². The lowest BCUT2D eigenvalue weighted by Crippen LogP contribution is -2.48. The predicted octanol–water partition coefficient (Wildman–Crippen LogP) is 4.78. The summed E-state index contributed by atoms with van der Waals surface area (Å²) in [5.41, 5.74) is 2.45. The van der Waals surface area contributed by atoms with Crippen molar-refractivity contribution >= 4 is 27.5 Å². The van der Waals surface area contributed by atoms with E-state index in [1.807, 2.05) is 30.1 Å². The number of hydrogen-bond acceptors (Lipinski definition) is 4. The molecule has 1 atom stereocenters. The van der Waals surface area contributed by atoms with Crippen LogP contribution in [0.2, 0.25) is 0 Å². The number of carbonyl (C=O) groups is 1. The molecule has 1 aromatic heterocycles. The molecule has 4 rings (SSSR count). The van der Waals surface area contributed by atoms with Gasteiger partial charge < -0.3 is 9.80 Å². The van der Waals surface area contributed by atoms with Gasteiger partial charge in [-0.1, -0.05) is 42.5 Å². The molecule has 2 heterocycles. The van der Waals surface area contributed by atoms with Gasteiger partial charge in [0.05, 0.1) is 15.2 Å². The number of nitrogens with zero attached hydrogens (tertiary/aromatic N) is 3. The van der Waals surface area contributed by atoms with Gasteiger partial charge in [0, 0.05) is 32.5 Å². The number of aryl methyl sites for hydroxylation is 2. The summed E-state index contributed by atoms with van der Waals surface area (Å²) >= 11 is 1.70. The summed E-state index contributed by atoms with van der Waals surface area (Å²) in [6.45, 7) is 3.26. The highest BCUT2D eigenvalue weighted by molar-refractivity contribution is 7.18. The van der Waals surface area contributed by atoms with Crippen molar-refractivity contribution in [2.75, 3.05) is 26.7 Å². The Kier molecular flexibility index (Phi) is 7.13. The maximum Gasteiger partial charge on any atom is 0.223 e. The van der Waals surface area contributed by atoms with E-state index in [4.69, 9.17) is 0 Å². The van der Waals surface area contributed by atoms with Crippen LogP contribution < -0.4 is 0 Å². The Morgan fingerprint density at radius 3 is 2.77 bits per heavy atom. The first-order valence-corrected chi connectivity index (χ1v) is 11.9. The Bertz CT molecular complexity index is 922. The van der Waals surface area contributed by atoms with Gasteiger partial charge in [-0.2, -0.15) is 0 Å². The molecule has 4 nitrogen and oxygen atoms in total. The minimum Gasteiger partial charge on any atom is -0.341 e. The highest BCUT2D eigenvalue weighted by atomic mass is 32.1. The Morgan fingerprint density at radius 2 is 1.93 bits per heavy atom. The van der Waals surface area contributed by atoms with Gasteiger partial charge in [0.2, 0.25) is 5.91 Å². The Labute approximate surface area is 183 Å². The molecule has 0 spiro atoms. The van der Waals surface area contributed by atoms with E-state index in [0.29, 0.717) is 12.5 Å². The molecule has 3 aromatic rings. The van der Waals surface area contributed by atoms with E-state index < -0.39 is 0 Å². The Hall–Kier alpha value is -2.24. The molecule has 1 amide bonds. The van der Waals surface area contributed by atoms with Crippen LogP contribution >= 0.6 is 11.3 Å². The zero-order valence-corrected chi connectivity index (χ0v) is 18.6. The monoisotopic (exact) mass is 421 g/mol. The van der Waals surface area contributed by atoms with Gasteiger partial charge in [0.1, 0.15) is 0 Å². The molecule has 0 bridgehead atoms. The van der Waals surface area contributed by atoms with Gasteiger partial charge in [-0.05, 0) is 56.5 Å². The zero-order valence-electron chi connectivity index (χ0n) is 17.8. The van der Waals surface area contributed by atoms with Crippen LogP contribution in [0.25, 0.3) is 10.2 Å². The number of hydrogen-bond donors (Lipinski definition) is 0. The summed E-state index contributed by atoms with van der Waals surface area (Å²) in [6, 6.07) is 19.2. The van der Waals surface area contributed by atoms with Crippen LogP contribution in [0.4, 0.5) is 0 Å². The molecule has 30 heavy (non-hydrogen) atoms. The molecule has 0 N–H and O–H groups in total. The minimum atomic E-state index is 0.241. The standard InChI is InChI=1S/C25H31N3OS/c1-27(25(29)16-15-24-26-22-13-5-6-14-23(22)30-24)21-12-8-18-28(19-21)17-7-11-20-9-3-2-4-10-20/h2-6,9-10,13-14,21H,7-8,11-12,15-19H2,1H3. The topological polar surface area (TPSA) is 36.4 Å². The summed E-state index contributed by atoms with van der Waals surface area (Å²) in [4.78, 5) is 22.0. The molecule has 0 radical (unpaired) electrons. The molecule has 2 aromatic carbocycles. The number of fused-ring (bicyclic) bond motifs is 1. The van der Waals surface area contributed by atoms with Crippen molar-refractivity contribution in [1.82, 2.24) is 14.8 Å². The Morgan fingerprint density at radius 1 is 1.13 bits per heavy atom. The molecule has 1 saturated heterocycles. The second-order valence-electron chi connectivity index (χ2n) is 8.27. The molecule has 1 unspecified atom stereocenters. The molecule has 0 aliphatic carbocycles. The average molecular weight is 422 g/mol. The lowest BCUT2D eigenvalue weighted by atomic mass is 10.0. The normalized spacial score (nSPS) is 17.3. The number of carbonyl (C=O) groups excluding carboxylic acids is 1. The largest absolute Gasteiger partial charge is 0.341 e. The van der Waals surface area contributed by atoms with Crippen molar-refractivity contribution in [1.29, 1.82) is 0 Å². The lowest BCUT2D eigenvalue weighted by molar-refractivity contribution is -0.133. The van der Waals surface area contributed by atoms with Gasteiger partial charge in [-0.25, -0.2) is 4.98 Å². The number of amides is 1. The fraction of sp³-hybridized carbons (Fsp3) is 0.440. The summed E-state index contributed by atoms with van der Waals surface area (Å²) in [6.07, 6.45) is 5.85. The van der Waals surface area contributed by atoms with Gasteiger partial charge in [0.25, 0.3) is 0 Å². The number of para-hydroxylation sites is 1. The van der Waals surface area contributed by atoms with Gasteiger partial charge >= 0.3 is 0 Å². The zero-order chi connectivity index (χ0) is 20.8. The summed E-state index contributed by atoms with van der Waals surface area (Å²) in [5, 5.41) is 1.06. The van der Waals surface area contributed by atoms with E-state index in [0.717, 1.165) is 49.4 Å². The van der Waals surface area contributed by atoms with Crippen LogP contribution in [-0.2, 0) is 17.6 Å². The molecule has 0 saturated carbocycles. The van der Waals surface area contributed by atoms with Crippen molar-refractivity contribution in [3.05, 3.63) is 65.2 Å². The van der Waals surface area contributed by atoms with Crippen molar-refractivity contribution < 1.29 is 4.79 Å². The lowest BCUT2D eigenvalue weighted by Gasteiger charge is -2.37. The van der Waals surface area contributed by atoms with Crippen LogP contribution in [0.15, 0.2) is 54.6 Å². The van der Waals surface area contributed by atoms with Crippen molar-refractivity contribution in [2.45, 2.75) is 44.6 Å².